The molecule has 0 amide bonds. The van der Waals surface area contributed by atoms with Crippen molar-refractivity contribution in [2.75, 3.05) is 38.2 Å². The highest BCUT2D eigenvalue weighted by atomic mass is 32.2. The molecule has 1 N–H and O–H groups in total. The predicted molar refractivity (Wildman–Crippen MR) is 111 cm³/mol. The number of H-pyrrole nitrogens is 1. The van der Waals surface area contributed by atoms with Gasteiger partial charge in [0.05, 0.1) is 17.7 Å². The number of nitrogens with one attached hydrogen (secondary N) is 1. The summed E-state index contributed by atoms with van der Waals surface area (Å²) in [6, 6.07) is 13.2. The molecule has 0 bridgehead atoms. The van der Waals surface area contributed by atoms with Gasteiger partial charge in [0, 0.05) is 31.9 Å². The van der Waals surface area contributed by atoms with Crippen molar-refractivity contribution in [2.45, 2.75) is 11.1 Å². The van der Waals surface area contributed by atoms with E-state index in [1.54, 1.807) is 17.5 Å². The molecule has 3 aromatic rings. The molecular weight excluding hydrogens is 396 g/mol. The van der Waals surface area contributed by atoms with E-state index in [0.29, 0.717) is 30.4 Å². The maximum atomic E-state index is 13.1. The topological polar surface area (TPSA) is 78.5 Å². The molecule has 9 heteroatoms. The van der Waals surface area contributed by atoms with Gasteiger partial charge in [-0.1, -0.05) is 12.1 Å². The van der Waals surface area contributed by atoms with Crippen LogP contribution in [0.2, 0.25) is 0 Å². The lowest BCUT2D eigenvalue weighted by atomic mass is 10.2. The van der Waals surface area contributed by atoms with Crippen LogP contribution < -0.4 is 9.64 Å². The van der Waals surface area contributed by atoms with E-state index in [1.165, 1.54) is 11.3 Å². The monoisotopic (exact) mass is 418 g/mol. The maximum Gasteiger partial charge on any atom is 0.252 e. The van der Waals surface area contributed by atoms with Crippen LogP contribution in [0.4, 0.5) is 5.69 Å². The van der Waals surface area contributed by atoms with Gasteiger partial charge in [-0.2, -0.15) is 9.40 Å². The Hall–Kier alpha value is -2.36. The van der Waals surface area contributed by atoms with Gasteiger partial charge in [-0.05, 0) is 37.3 Å². The normalized spacial score (nSPS) is 15.7. The van der Waals surface area contributed by atoms with E-state index < -0.39 is 10.0 Å². The molecule has 3 heterocycles. The summed E-state index contributed by atoms with van der Waals surface area (Å²) in [5, 5.41) is 7.10. The van der Waals surface area contributed by atoms with Crippen molar-refractivity contribution in [3.63, 3.8) is 0 Å². The second kappa shape index (κ2) is 7.57. The first-order chi connectivity index (χ1) is 13.5. The maximum absolute atomic E-state index is 13.1. The van der Waals surface area contributed by atoms with Crippen LogP contribution in [-0.4, -0.2) is 56.2 Å². The average molecular weight is 419 g/mol. The molecule has 0 unspecified atom stereocenters. The third-order valence-corrected chi connectivity index (χ3v) is 8.27. The molecule has 0 saturated carbocycles. The molecule has 2 aromatic heterocycles. The summed E-state index contributed by atoms with van der Waals surface area (Å²) in [5.74, 6) is 0.802. The molecule has 7 nitrogen and oxygen atoms in total. The Bertz CT molecular complexity index is 1070. The number of hydrogen-bond donors (Lipinski definition) is 1. The minimum absolute atomic E-state index is 0.355. The van der Waals surface area contributed by atoms with E-state index in [9.17, 15) is 8.42 Å². The molecule has 1 saturated heterocycles. The number of aromatic nitrogens is 2. The fourth-order valence-corrected chi connectivity index (χ4v) is 6.17. The van der Waals surface area contributed by atoms with Gasteiger partial charge in [0.2, 0.25) is 0 Å². The van der Waals surface area contributed by atoms with Crippen molar-refractivity contribution >= 4 is 27.0 Å². The quantitative estimate of drug-likeness (QED) is 0.689. The van der Waals surface area contributed by atoms with Crippen LogP contribution in [0, 0.1) is 6.92 Å². The number of hydrogen-bond acceptors (Lipinski definition) is 6. The fraction of sp³-hybridized carbons (Fsp3) is 0.316. The number of ether oxygens (including phenoxy) is 1. The number of sulfonamides is 1. The Labute approximate surface area is 168 Å². The van der Waals surface area contributed by atoms with Gasteiger partial charge in [0.15, 0.2) is 0 Å². The highest BCUT2D eigenvalue weighted by Gasteiger charge is 2.30. The standard InChI is InChI=1S/C19H22N4O3S2/c1-14-13-15(21-20-14)18-7-8-19(27-18)28(24,25)23-11-9-22(10-12-23)16-5-3-4-6-17(16)26-2/h3-8,13H,9-12H2,1-2H3,(H,20,21). The number of benzene rings is 1. The summed E-state index contributed by atoms with van der Waals surface area (Å²) in [6.45, 7) is 4.04. The molecule has 1 aromatic carbocycles. The van der Waals surface area contributed by atoms with Crippen molar-refractivity contribution in [3.8, 4) is 16.3 Å². The summed E-state index contributed by atoms with van der Waals surface area (Å²) < 4.78 is 33.5. The first kappa shape index (κ1) is 19.0. The second-order valence-electron chi connectivity index (χ2n) is 6.62. The number of aryl methyl sites for hydroxylation is 1. The molecule has 0 radical (unpaired) electrons. The highest BCUT2D eigenvalue weighted by molar-refractivity contribution is 7.91. The van der Waals surface area contributed by atoms with Crippen LogP contribution in [0.3, 0.4) is 0 Å². The third-order valence-electron chi connectivity index (χ3n) is 4.80. The first-order valence-electron chi connectivity index (χ1n) is 8.99. The molecule has 0 aliphatic carbocycles. The van der Waals surface area contributed by atoms with E-state index in [1.807, 2.05) is 43.3 Å². The summed E-state index contributed by atoms with van der Waals surface area (Å²) in [6.07, 6.45) is 0. The van der Waals surface area contributed by atoms with Crippen molar-refractivity contribution in [1.82, 2.24) is 14.5 Å². The first-order valence-corrected chi connectivity index (χ1v) is 11.2. The van der Waals surface area contributed by atoms with Crippen LogP contribution in [0.15, 0.2) is 46.7 Å². The number of methoxy groups -OCH3 is 1. The summed E-state index contributed by atoms with van der Waals surface area (Å²) >= 11 is 1.26. The van der Waals surface area contributed by atoms with Gasteiger partial charge in [0.25, 0.3) is 10.0 Å². The SMILES string of the molecule is COc1ccccc1N1CCN(S(=O)(=O)c2ccc(-c3cc(C)[nH]n3)s2)CC1. The number of piperazine rings is 1. The van der Waals surface area contributed by atoms with E-state index in [4.69, 9.17) is 4.74 Å². The number of rotatable bonds is 5. The molecule has 1 fully saturated rings. The zero-order chi connectivity index (χ0) is 19.7. The third kappa shape index (κ3) is 3.52. The number of aromatic amines is 1. The molecule has 1 aliphatic rings. The van der Waals surface area contributed by atoms with Gasteiger partial charge < -0.3 is 9.64 Å². The Morgan fingerprint density at radius 2 is 1.86 bits per heavy atom. The van der Waals surface area contributed by atoms with Gasteiger partial charge >= 0.3 is 0 Å². The van der Waals surface area contributed by atoms with Gasteiger partial charge in [-0.3, -0.25) is 5.10 Å². The lowest BCUT2D eigenvalue weighted by Crippen LogP contribution is -2.48. The minimum atomic E-state index is -3.51. The Morgan fingerprint density at radius 3 is 2.54 bits per heavy atom. The zero-order valence-electron chi connectivity index (χ0n) is 15.8. The van der Waals surface area contributed by atoms with E-state index in [2.05, 4.69) is 15.1 Å². The van der Waals surface area contributed by atoms with Crippen LogP contribution in [0.25, 0.3) is 10.6 Å². The number of anilines is 1. The zero-order valence-corrected chi connectivity index (χ0v) is 17.4. The molecule has 0 atom stereocenters. The van der Waals surface area contributed by atoms with Gasteiger partial charge in [0.1, 0.15) is 15.7 Å². The second-order valence-corrected chi connectivity index (χ2v) is 9.87. The summed E-state index contributed by atoms with van der Waals surface area (Å²) in [5.41, 5.74) is 2.71. The van der Waals surface area contributed by atoms with Crippen LogP contribution in [0.1, 0.15) is 5.69 Å². The molecule has 0 spiro atoms. The number of thiophene rings is 1. The average Bonchev–Trinajstić information content (AvgIpc) is 3.37. The summed E-state index contributed by atoms with van der Waals surface area (Å²) in [7, 11) is -1.86. The van der Waals surface area contributed by atoms with E-state index in [0.717, 1.165) is 27.7 Å². The molecule has 148 valence electrons. The smallest absolute Gasteiger partial charge is 0.252 e. The highest BCUT2D eigenvalue weighted by Crippen LogP contribution is 2.33. The van der Waals surface area contributed by atoms with E-state index in [-0.39, 0.29) is 0 Å². The Kier molecular flexibility index (Phi) is 5.13. The lowest BCUT2D eigenvalue weighted by molar-refractivity contribution is 0.379. The van der Waals surface area contributed by atoms with Crippen molar-refractivity contribution in [1.29, 1.82) is 0 Å². The number of para-hydroxylation sites is 2. The summed E-state index contributed by atoms with van der Waals surface area (Å²) in [4.78, 5) is 3.01. The Morgan fingerprint density at radius 1 is 1.11 bits per heavy atom. The minimum Gasteiger partial charge on any atom is -0.495 e. The Balaban J connectivity index is 1.49. The van der Waals surface area contributed by atoms with E-state index >= 15 is 0 Å². The molecule has 4 rings (SSSR count). The molecule has 1 aliphatic heterocycles. The predicted octanol–water partition coefficient (Wildman–Crippen LogP) is 2.97. The largest absolute Gasteiger partial charge is 0.495 e. The number of nitrogens with zero attached hydrogens (tertiary/aromatic N) is 3. The van der Waals surface area contributed by atoms with Gasteiger partial charge in [-0.25, -0.2) is 8.42 Å². The van der Waals surface area contributed by atoms with Crippen LogP contribution >= 0.6 is 11.3 Å². The van der Waals surface area contributed by atoms with Crippen molar-refractivity contribution < 1.29 is 13.2 Å². The van der Waals surface area contributed by atoms with Crippen molar-refractivity contribution in [2.24, 2.45) is 0 Å². The van der Waals surface area contributed by atoms with Crippen LogP contribution in [0.5, 0.6) is 5.75 Å². The molecular formula is C19H22N4O3S2. The van der Waals surface area contributed by atoms with Crippen molar-refractivity contribution in [3.05, 3.63) is 48.2 Å². The molecule has 28 heavy (non-hydrogen) atoms. The fourth-order valence-electron chi connectivity index (χ4n) is 3.33. The van der Waals surface area contributed by atoms with Crippen LogP contribution in [-0.2, 0) is 10.0 Å². The lowest BCUT2D eigenvalue weighted by Gasteiger charge is -2.35. The van der Waals surface area contributed by atoms with Gasteiger partial charge in [-0.15, -0.1) is 11.3 Å².